The highest BCUT2D eigenvalue weighted by atomic mass is 32.2. The lowest BCUT2D eigenvalue weighted by atomic mass is 10.1. The van der Waals surface area contributed by atoms with Gasteiger partial charge in [0.1, 0.15) is 0 Å². The fourth-order valence-electron chi connectivity index (χ4n) is 2.60. The first kappa shape index (κ1) is 17.2. The van der Waals surface area contributed by atoms with E-state index in [0.717, 1.165) is 23.4 Å². The molecule has 134 valence electrons. The number of fused-ring (bicyclic) bond motifs is 1. The van der Waals surface area contributed by atoms with Gasteiger partial charge >= 0.3 is 0 Å². The van der Waals surface area contributed by atoms with Gasteiger partial charge in [-0.1, -0.05) is 30.0 Å². The normalized spacial score (nSPS) is 11.0. The molecule has 27 heavy (non-hydrogen) atoms. The number of hydrogen-bond donors (Lipinski definition) is 1. The molecule has 2 aromatic heterocycles. The Kier molecular flexibility index (Phi) is 4.33. The third kappa shape index (κ3) is 3.26. The second-order valence-electron chi connectivity index (χ2n) is 5.71. The van der Waals surface area contributed by atoms with Crippen molar-refractivity contribution in [1.82, 2.24) is 14.6 Å². The maximum absolute atomic E-state index is 13.9. The standard InChI is InChI=1S/C19H12F2N4OS/c20-14-2-1-3-15(17(14)21)27-13-8-9-16-23-24-19(25(16)10-13)12-6-4-11(5-7-12)18(22)26/h1-10H,(H2,22,26). The molecular weight excluding hydrogens is 370 g/mol. The van der Waals surface area contributed by atoms with Gasteiger partial charge in [0, 0.05) is 22.2 Å². The van der Waals surface area contributed by atoms with Crippen LogP contribution in [-0.2, 0) is 0 Å². The molecule has 0 unspecified atom stereocenters. The number of nitrogens with two attached hydrogens (primary N) is 1. The first-order chi connectivity index (χ1) is 13.0. The summed E-state index contributed by atoms with van der Waals surface area (Å²) in [6.07, 6.45) is 1.75. The zero-order valence-electron chi connectivity index (χ0n) is 13.8. The van der Waals surface area contributed by atoms with E-state index in [1.165, 1.54) is 12.1 Å². The molecule has 4 rings (SSSR count). The van der Waals surface area contributed by atoms with E-state index in [2.05, 4.69) is 10.2 Å². The Morgan fingerprint density at radius 3 is 2.52 bits per heavy atom. The summed E-state index contributed by atoms with van der Waals surface area (Å²) in [7, 11) is 0. The van der Waals surface area contributed by atoms with Crippen LogP contribution >= 0.6 is 11.8 Å². The molecule has 5 nitrogen and oxygen atoms in total. The van der Waals surface area contributed by atoms with E-state index in [4.69, 9.17) is 5.73 Å². The molecule has 0 saturated carbocycles. The molecular formula is C19H12F2N4OS. The van der Waals surface area contributed by atoms with Gasteiger partial charge in [-0.2, -0.15) is 0 Å². The Bertz CT molecular complexity index is 1160. The zero-order chi connectivity index (χ0) is 19.0. The molecule has 2 N–H and O–H groups in total. The Morgan fingerprint density at radius 2 is 1.78 bits per heavy atom. The number of pyridine rings is 1. The molecule has 4 aromatic rings. The summed E-state index contributed by atoms with van der Waals surface area (Å²) < 4.78 is 29.1. The highest BCUT2D eigenvalue weighted by Gasteiger charge is 2.12. The smallest absolute Gasteiger partial charge is 0.248 e. The highest BCUT2D eigenvalue weighted by Crippen LogP contribution is 2.31. The van der Waals surface area contributed by atoms with Crippen LogP contribution in [0.2, 0.25) is 0 Å². The molecule has 8 heteroatoms. The number of hydrogen-bond acceptors (Lipinski definition) is 4. The van der Waals surface area contributed by atoms with E-state index < -0.39 is 17.5 Å². The highest BCUT2D eigenvalue weighted by molar-refractivity contribution is 7.99. The summed E-state index contributed by atoms with van der Waals surface area (Å²) in [6, 6.07) is 14.2. The molecule has 2 aromatic carbocycles. The molecule has 1 amide bonds. The lowest BCUT2D eigenvalue weighted by Crippen LogP contribution is -2.10. The van der Waals surface area contributed by atoms with Crippen molar-refractivity contribution in [1.29, 1.82) is 0 Å². The van der Waals surface area contributed by atoms with Gasteiger partial charge in [-0.05, 0) is 36.4 Å². The lowest BCUT2D eigenvalue weighted by molar-refractivity contribution is 0.100. The first-order valence-electron chi connectivity index (χ1n) is 7.90. The van der Waals surface area contributed by atoms with Crippen molar-refractivity contribution >= 4 is 23.3 Å². The third-order valence-corrected chi connectivity index (χ3v) is 4.96. The van der Waals surface area contributed by atoms with Crippen LogP contribution in [0.1, 0.15) is 10.4 Å². The van der Waals surface area contributed by atoms with E-state index in [0.29, 0.717) is 21.9 Å². The number of benzene rings is 2. The van der Waals surface area contributed by atoms with Crippen molar-refractivity contribution in [2.45, 2.75) is 9.79 Å². The van der Waals surface area contributed by atoms with E-state index in [1.54, 1.807) is 47.0 Å². The minimum absolute atomic E-state index is 0.190. The van der Waals surface area contributed by atoms with E-state index in [9.17, 15) is 13.6 Å². The van der Waals surface area contributed by atoms with E-state index in [1.807, 2.05) is 0 Å². The molecule has 0 fully saturated rings. The molecule has 0 bridgehead atoms. The first-order valence-corrected chi connectivity index (χ1v) is 8.71. The Balaban J connectivity index is 1.73. The number of halogens is 2. The number of aromatic nitrogens is 3. The summed E-state index contributed by atoms with van der Waals surface area (Å²) in [6.45, 7) is 0. The third-order valence-electron chi connectivity index (χ3n) is 3.95. The van der Waals surface area contributed by atoms with Crippen LogP contribution < -0.4 is 5.73 Å². The van der Waals surface area contributed by atoms with Crippen LogP contribution in [0.25, 0.3) is 17.0 Å². The monoisotopic (exact) mass is 382 g/mol. The van der Waals surface area contributed by atoms with Crippen LogP contribution in [0.4, 0.5) is 8.78 Å². The summed E-state index contributed by atoms with van der Waals surface area (Å²) >= 11 is 1.10. The number of primary amides is 1. The average Bonchev–Trinajstić information content (AvgIpc) is 3.09. The quantitative estimate of drug-likeness (QED) is 0.581. The van der Waals surface area contributed by atoms with Gasteiger partial charge in [0.05, 0.1) is 4.90 Å². The maximum atomic E-state index is 13.9. The van der Waals surface area contributed by atoms with E-state index >= 15 is 0 Å². The second kappa shape index (κ2) is 6.81. The van der Waals surface area contributed by atoms with Crippen LogP contribution in [0, 0.1) is 11.6 Å². The van der Waals surface area contributed by atoms with Crippen molar-refractivity contribution < 1.29 is 13.6 Å². The zero-order valence-corrected chi connectivity index (χ0v) is 14.6. The molecule has 0 atom stereocenters. The van der Waals surface area contributed by atoms with Crippen molar-refractivity contribution in [3.05, 3.63) is 78.0 Å². The summed E-state index contributed by atoms with van der Waals surface area (Å²) in [5, 5.41) is 8.28. The molecule has 2 heterocycles. The van der Waals surface area contributed by atoms with Crippen LogP contribution in [0.5, 0.6) is 0 Å². The average molecular weight is 382 g/mol. The maximum Gasteiger partial charge on any atom is 0.248 e. The second-order valence-corrected chi connectivity index (χ2v) is 6.83. The largest absolute Gasteiger partial charge is 0.366 e. The van der Waals surface area contributed by atoms with Gasteiger partial charge in [-0.3, -0.25) is 9.20 Å². The molecule has 0 aliphatic heterocycles. The number of nitrogens with zero attached hydrogens (tertiary/aromatic N) is 3. The minimum Gasteiger partial charge on any atom is -0.366 e. The molecule has 0 saturated heterocycles. The topological polar surface area (TPSA) is 73.3 Å². The van der Waals surface area contributed by atoms with Crippen LogP contribution in [0.3, 0.4) is 0 Å². The van der Waals surface area contributed by atoms with Crippen molar-refractivity contribution in [2.75, 3.05) is 0 Å². The van der Waals surface area contributed by atoms with Crippen molar-refractivity contribution in [2.24, 2.45) is 5.73 Å². The van der Waals surface area contributed by atoms with Crippen molar-refractivity contribution in [3.63, 3.8) is 0 Å². The fraction of sp³-hybridized carbons (Fsp3) is 0. The summed E-state index contributed by atoms with van der Waals surface area (Å²) in [4.78, 5) is 12.1. The van der Waals surface area contributed by atoms with Gasteiger partial charge in [0.2, 0.25) is 5.91 Å². The molecule has 0 spiro atoms. The Hall–Kier alpha value is -3.26. The molecule has 0 radical (unpaired) electrons. The summed E-state index contributed by atoms with van der Waals surface area (Å²) in [5.41, 5.74) is 7.00. The van der Waals surface area contributed by atoms with Gasteiger partial charge in [-0.15, -0.1) is 10.2 Å². The number of carbonyl (C=O) groups excluding carboxylic acids is 1. The Labute approximate surface area is 156 Å². The SMILES string of the molecule is NC(=O)c1ccc(-c2nnc3ccc(Sc4cccc(F)c4F)cn23)cc1. The lowest BCUT2D eigenvalue weighted by Gasteiger charge is -2.06. The van der Waals surface area contributed by atoms with Gasteiger partial charge in [0.15, 0.2) is 23.1 Å². The fourth-order valence-corrected chi connectivity index (χ4v) is 3.48. The van der Waals surface area contributed by atoms with Crippen LogP contribution in [-0.4, -0.2) is 20.5 Å². The van der Waals surface area contributed by atoms with Crippen LogP contribution in [0.15, 0.2) is 70.6 Å². The van der Waals surface area contributed by atoms with Gasteiger partial charge in [0.25, 0.3) is 0 Å². The number of rotatable bonds is 4. The molecule has 0 aliphatic rings. The number of amides is 1. The predicted molar refractivity (Wildman–Crippen MR) is 97.4 cm³/mol. The number of carbonyl (C=O) groups is 1. The van der Waals surface area contributed by atoms with Gasteiger partial charge in [-0.25, -0.2) is 8.78 Å². The Morgan fingerprint density at radius 1 is 1.00 bits per heavy atom. The summed E-state index contributed by atoms with van der Waals surface area (Å²) in [5.74, 6) is -1.72. The molecule has 0 aliphatic carbocycles. The van der Waals surface area contributed by atoms with Gasteiger partial charge < -0.3 is 5.73 Å². The minimum atomic E-state index is -0.888. The van der Waals surface area contributed by atoms with E-state index in [-0.39, 0.29) is 4.90 Å². The predicted octanol–water partition coefficient (Wildman–Crippen LogP) is 3.92. The van der Waals surface area contributed by atoms with Crippen molar-refractivity contribution in [3.8, 4) is 11.4 Å².